The third-order valence-corrected chi connectivity index (χ3v) is 7.00. The highest BCUT2D eigenvalue weighted by Crippen LogP contribution is 2.55. The molecule has 166 valence electrons. The third kappa shape index (κ3) is 4.04. The van der Waals surface area contributed by atoms with E-state index in [0.717, 1.165) is 42.6 Å². The molecule has 2 bridgehead atoms. The SMILES string of the molecule is CC(C)c1ccc(N2[C@H]3CC[C@@]2(c2ccc(C(F)(F)F)cc2)CC(CC(=O)O)C3)cc1. The molecule has 2 aliphatic heterocycles. The van der Waals surface area contributed by atoms with Gasteiger partial charge >= 0.3 is 12.1 Å². The Morgan fingerprint density at radius 1 is 1.13 bits per heavy atom. The van der Waals surface area contributed by atoms with E-state index < -0.39 is 23.2 Å². The summed E-state index contributed by atoms with van der Waals surface area (Å²) < 4.78 is 39.4. The molecule has 1 N–H and O–H groups in total. The normalized spacial score (nSPS) is 25.8. The molecule has 31 heavy (non-hydrogen) atoms. The highest BCUT2D eigenvalue weighted by molar-refractivity contribution is 5.67. The lowest BCUT2D eigenvalue weighted by molar-refractivity contribution is -0.139. The van der Waals surface area contributed by atoms with Gasteiger partial charge in [-0.2, -0.15) is 13.2 Å². The van der Waals surface area contributed by atoms with E-state index in [4.69, 9.17) is 0 Å². The highest BCUT2D eigenvalue weighted by atomic mass is 19.4. The fraction of sp³-hybridized carbons (Fsp3) is 0.480. The number of benzene rings is 2. The van der Waals surface area contributed by atoms with Crippen LogP contribution in [0.2, 0.25) is 0 Å². The molecule has 2 aromatic carbocycles. The standard InChI is InChI=1S/C25H28F3NO2/c1-16(2)18-3-9-21(10-4-18)29-22-11-12-24(29,15-17(13-22)14-23(30)31)19-5-7-20(8-6-19)25(26,27)28/h3-10,16-17,22H,11-15H2,1-2H3,(H,30,31)/t17?,22-,24-/m0/s1. The summed E-state index contributed by atoms with van der Waals surface area (Å²) in [6.45, 7) is 4.28. The Bertz CT molecular complexity index is 937. The first-order valence-electron chi connectivity index (χ1n) is 10.9. The molecule has 0 spiro atoms. The number of hydrogen-bond donors (Lipinski definition) is 1. The van der Waals surface area contributed by atoms with Gasteiger partial charge in [0.1, 0.15) is 0 Å². The monoisotopic (exact) mass is 431 g/mol. The van der Waals surface area contributed by atoms with Gasteiger partial charge in [0.2, 0.25) is 0 Å². The zero-order chi connectivity index (χ0) is 22.4. The van der Waals surface area contributed by atoms with Gasteiger partial charge in [-0.3, -0.25) is 4.79 Å². The van der Waals surface area contributed by atoms with Gasteiger partial charge in [-0.05, 0) is 72.9 Å². The summed E-state index contributed by atoms with van der Waals surface area (Å²) in [5.41, 5.74) is 1.99. The zero-order valence-corrected chi connectivity index (χ0v) is 17.8. The number of carbonyl (C=O) groups is 1. The number of rotatable bonds is 5. The van der Waals surface area contributed by atoms with Crippen LogP contribution in [0.25, 0.3) is 0 Å². The summed E-state index contributed by atoms with van der Waals surface area (Å²) >= 11 is 0. The molecule has 2 aliphatic rings. The first kappa shape index (κ1) is 21.7. The lowest BCUT2D eigenvalue weighted by atomic mass is 9.75. The Balaban J connectivity index is 1.75. The number of piperidine rings is 1. The number of aliphatic carboxylic acids is 1. The maximum atomic E-state index is 13.1. The molecule has 0 radical (unpaired) electrons. The molecular formula is C25H28F3NO2. The van der Waals surface area contributed by atoms with Gasteiger partial charge < -0.3 is 10.0 Å². The van der Waals surface area contributed by atoms with E-state index in [1.165, 1.54) is 5.56 Å². The molecule has 2 heterocycles. The summed E-state index contributed by atoms with van der Waals surface area (Å²) in [7, 11) is 0. The Kier molecular flexibility index (Phi) is 5.52. The van der Waals surface area contributed by atoms with Gasteiger partial charge in [0.25, 0.3) is 0 Å². The van der Waals surface area contributed by atoms with Crippen molar-refractivity contribution in [2.24, 2.45) is 5.92 Å². The number of alkyl halides is 3. The molecule has 3 atom stereocenters. The largest absolute Gasteiger partial charge is 0.481 e. The predicted molar refractivity (Wildman–Crippen MR) is 114 cm³/mol. The summed E-state index contributed by atoms with van der Waals surface area (Å²) in [5.74, 6) is -0.392. The fourth-order valence-electron chi connectivity index (χ4n) is 5.62. The molecule has 0 saturated carbocycles. The Labute approximate surface area is 180 Å². The van der Waals surface area contributed by atoms with E-state index in [2.05, 4.69) is 43.0 Å². The minimum atomic E-state index is -4.38. The van der Waals surface area contributed by atoms with Crippen LogP contribution in [0.3, 0.4) is 0 Å². The van der Waals surface area contributed by atoms with Crippen LogP contribution in [0.15, 0.2) is 48.5 Å². The first-order chi connectivity index (χ1) is 14.6. The van der Waals surface area contributed by atoms with Crippen molar-refractivity contribution in [3.63, 3.8) is 0 Å². The van der Waals surface area contributed by atoms with E-state index in [1.54, 1.807) is 12.1 Å². The molecule has 1 unspecified atom stereocenters. The Morgan fingerprint density at radius 2 is 1.77 bits per heavy atom. The van der Waals surface area contributed by atoms with Crippen LogP contribution in [-0.4, -0.2) is 17.1 Å². The number of nitrogens with zero attached hydrogens (tertiary/aromatic N) is 1. The van der Waals surface area contributed by atoms with Crippen molar-refractivity contribution in [1.29, 1.82) is 0 Å². The van der Waals surface area contributed by atoms with Crippen molar-refractivity contribution < 1.29 is 23.1 Å². The van der Waals surface area contributed by atoms with Gasteiger partial charge in [-0.25, -0.2) is 0 Å². The number of fused-ring (bicyclic) bond motifs is 2. The smallest absolute Gasteiger partial charge is 0.416 e. The van der Waals surface area contributed by atoms with Crippen LogP contribution < -0.4 is 4.90 Å². The van der Waals surface area contributed by atoms with E-state index in [1.807, 2.05) is 0 Å². The molecule has 2 fully saturated rings. The molecule has 0 aromatic heterocycles. The number of carboxylic acids is 1. The fourth-order valence-corrected chi connectivity index (χ4v) is 5.62. The number of anilines is 1. The van der Waals surface area contributed by atoms with Crippen molar-refractivity contribution in [2.45, 2.75) is 69.6 Å². The third-order valence-electron chi connectivity index (χ3n) is 7.00. The summed E-state index contributed by atoms with van der Waals surface area (Å²) in [5, 5.41) is 9.37. The van der Waals surface area contributed by atoms with Crippen molar-refractivity contribution in [3.8, 4) is 0 Å². The van der Waals surface area contributed by atoms with E-state index in [-0.39, 0.29) is 18.4 Å². The maximum Gasteiger partial charge on any atom is 0.416 e. The van der Waals surface area contributed by atoms with Crippen LogP contribution >= 0.6 is 0 Å². The van der Waals surface area contributed by atoms with Crippen LogP contribution in [0.1, 0.15) is 68.6 Å². The minimum absolute atomic E-state index is 0.0125. The van der Waals surface area contributed by atoms with E-state index >= 15 is 0 Å². The molecule has 2 saturated heterocycles. The van der Waals surface area contributed by atoms with Crippen LogP contribution in [0.4, 0.5) is 18.9 Å². The van der Waals surface area contributed by atoms with Gasteiger partial charge in [0, 0.05) is 18.2 Å². The van der Waals surface area contributed by atoms with Crippen LogP contribution in [0.5, 0.6) is 0 Å². The number of halogens is 3. The van der Waals surface area contributed by atoms with Gasteiger partial charge in [0.05, 0.1) is 11.1 Å². The first-order valence-corrected chi connectivity index (χ1v) is 10.9. The molecule has 0 amide bonds. The minimum Gasteiger partial charge on any atom is -0.481 e. The predicted octanol–water partition coefficient (Wildman–Crippen LogP) is 6.58. The maximum absolute atomic E-state index is 13.1. The Morgan fingerprint density at radius 3 is 2.32 bits per heavy atom. The van der Waals surface area contributed by atoms with Crippen molar-refractivity contribution in [2.75, 3.05) is 4.90 Å². The lowest BCUT2D eigenvalue weighted by Crippen LogP contribution is -2.51. The number of hydrogen-bond acceptors (Lipinski definition) is 2. The second-order valence-corrected chi connectivity index (χ2v) is 9.32. The second kappa shape index (κ2) is 7.88. The molecule has 0 aliphatic carbocycles. The average molecular weight is 431 g/mol. The van der Waals surface area contributed by atoms with Crippen LogP contribution in [0, 0.1) is 5.92 Å². The summed E-state index contributed by atoms with van der Waals surface area (Å²) in [6.07, 6.45) is -1.14. The second-order valence-electron chi connectivity index (χ2n) is 9.32. The number of carboxylic acid groups (broad SMARTS) is 1. The molecule has 2 aromatic rings. The van der Waals surface area contributed by atoms with Gasteiger partial charge in [-0.15, -0.1) is 0 Å². The van der Waals surface area contributed by atoms with Crippen LogP contribution in [-0.2, 0) is 16.5 Å². The summed E-state index contributed by atoms with van der Waals surface area (Å²) in [6, 6.07) is 14.1. The van der Waals surface area contributed by atoms with Crippen molar-refractivity contribution in [1.82, 2.24) is 0 Å². The summed E-state index contributed by atoms with van der Waals surface area (Å²) in [4.78, 5) is 13.8. The van der Waals surface area contributed by atoms with Gasteiger partial charge in [0.15, 0.2) is 0 Å². The molecule has 4 rings (SSSR count). The Hall–Kier alpha value is -2.50. The van der Waals surface area contributed by atoms with Gasteiger partial charge in [-0.1, -0.05) is 38.1 Å². The van der Waals surface area contributed by atoms with E-state index in [0.29, 0.717) is 12.3 Å². The highest BCUT2D eigenvalue weighted by Gasteiger charge is 2.53. The molecule has 6 heteroatoms. The molecule has 3 nitrogen and oxygen atoms in total. The molecular weight excluding hydrogens is 403 g/mol. The lowest BCUT2D eigenvalue weighted by Gasteiger charge is -2.49. The topological polar surface area (TPSA) is 40.5 Å². The quantitative estimate of drug-likeness (QED) is 0.581. The van der Waals surface area contributed by atoms with E-state index in [9.17, 15) is 23.1 Å². The van der Waals surface area contributed by atoms with Crippen molar-refractivity contribution >= 4 is 11.7 Å². The average Bonchev–Trinajstić information content (AvgIpc) is 2.95. The zero-order valence-electron chi connectivity index (χ0n) is 17.8. The van der Waals surface area contributed by atoms with Crippen molar-refractivity contribution in [3.05, 3.63) is 65.2 Å².